The third-order valence-electron chi connectivity index (χ3n) is 4.08. The van der Waals surface area contributed by atoms with Crippen LogP contribution in [-0.2, 0) is 11.2 Å². The van der Waals surface area contributed by atoms with Crippen molar-refractivity contribution in [2.24, 2.45) is 0 Å². The second-order valence-corrected chi connectivity index (χ2v) is 6.13. The molecule has 0 radical (unpaired) electrons. The zero-order valence-electron chi connectivity index (χ0n) is 14.4. The number of amides is 1. The van der Waals surface area contributed by atoms with Gasteiger partial charge in [-0.05, 0) is 54.1 Å². The summed E-state index contributed by atoms with van der Waals surface area (Å²) in [5.41, 5.74) is 3.06. The molecule has 1 aliphatic rings. The zero-order valence-corrected chi connectivity index (χ0v) is 14.4. The standard InChI is InChI=1S/C21H17FN2O3/c22-15-3-1-2-14(10-15)11-21(25)24-17-6-4-16(5-7-17)23-18-8-9-19-20(12-18)27-13-26-19/h1-10,12,23H,11,13H2,(H,24,25). The molecule has 1 heterocycles. The van der Waals surface area contributed by atoms with Crippen molar-refractivity contribution in [3.05, 3.63) is 78.1 Å². The summed E-state index contributed by atoms with van der Waals surface area (Å²) in [6, 6.07) is 19.0. The molecule has 3 aromatic rings. The molecule has 1 amide bonds. The molecule has 2 N–H and O–H groups in total. The van der Waals surface area contributed by atoms with Crippen molar-refractivity contribution in [3.63, 3.8) is 0 Å². The van der Waals surface area contributed by atoms with Gasteiger partial charge in [0.25, 0.3) is 0 Å². The molecule has 6 heteroatoms. The Kier molecular flexibility index (Phi) is 4.61. The van der Waals surface area contributed by atoms with Crippen LogP contribution < -0.4 is 20.1 Å². The molecular formula is C21H17FN2O3. The summed E-state index contributed by atoms with van der Waals surface area (Å²) in [6.07, 6.45) is 0.120. The Labute approximate surface area is 155 Å². The third kappa shape index (κ3) is 4.17. The van der Waals surface area contributed by atoms with Gasteiger partial charge in [0.1, 0.15) is 5.82 Å². The lowest BCUT2D eigenvalue weighted by atomic mass is 10.1. The van der Waals surface area contributed by atoms with E-state index in [1.807, 2.05) is 30.3 Å². The first-order chi connectivity index (χ1) is 13.2. The SMILES string of the molecule is O=C(Cc1cccc(F)c1)Nc1ccc(Nc2ccc3c(c2)OCO3)cc1. The van der Waals surface area contributed by atoms with Crippen molar-refractivity contribution >= 4 is 23.0 Å². The fourth-order valence-electron chi connectivity index (χ4n) is 2.82. The van der Waals surface area contributed by atoms with Crippen LogP contribution in [0, 0.1) is 5.82 Å². The van der Waals surface area contributed by atoms with E-state index in [2.05, 4.69) is 10.6 Å². The van der Waals surface area contributed by atoms with Crippen molar-refractivity contribution in [1.29, 1.82) is 0 Å². The molecule has 1 aliphatic heterocycles. The quantitative estimate of drug-likeness (QED) is 0.701. The molecule has 136 valence electrons. The van der Waals surface area contributed by atoms with Gasteiger partial charge in [-0.25, -0.2) is 4.39 Å². The Bertz CT molecular complexity index is 973. The molecule has 5 nitrogen and oxygen atoms in total. The van der Waals surface area contributed by atoms with E-state index in [1.54, 1.807) is 24.3 Å². The third-order valence-corrected chi connectivity index (χ3v) is 4.08. The average Bonchev–Trinajstić information content (AvgIpc) is 3.11. The number of halogens is 1. The minimum atomic E-state index is -0.348. The number of benzene rings is 3. The van der Waals surface area contributed by atoms with Gasteiger partial charge in [-0.3, -0.25) is 4.79 Å². The summed E-state index contributed by atoms with van der Waals surface area (Å²) < 4.78 is 23.8. The van der Waals surface area contributed by atoms with Crippen molar-refractivity contribution in [2.45, 2.75) is 6.42 Å². The van der Waals surface area contributed by atoms with Crippen LogP contribution in [0.4, 0.5) is 21.5 Å². The summed E-state index contributed by atoms with van der Waals surface area (Å²) in [5.74, 6) is 0.898. The van der Waals surface area contributed by atoms with Crippen molar-refractivity contribution in [2.75, 3.05) is 17.4 Å². The highest BCUT2D eigenvalue weighted by atomic mass is 19.1. The maximum Gasteiger partial charge on any atom is 0.231 e. The van der Waals surface area contributed by atoms with Crippen LogP contribution >= 0.6 is 0 Å². The van der Waals surface area contributed by atoms with E-state index in [4.69, 9.17) is 9.47 Å². The number of carbonyl (C=O) groups excluding carboxylic acids is 1. The summed E-state index contributed by atoms with van der Waals surface area (Å²) in [7, 11) is 0. The summed E-state index contributed by atoms with van der Waals surface area (Å²) >= 11 is 0. The minimum absolute atomic E-state index is 0.120. The Morgan fingerprint density at radius 3 is 2.44 bits per heavy atom. The summed E-state index contributed by atoms with van der Waals surface area (Å²) in [6.45, 7) is 0.239. The van der Waals surface area contributed by atoms with E-state index in [9.17, 15) is 9.18 Å². The first-order valence-electron chi connectivity index (χ1n) is 8.47. The van der Waals surface area contributed by atoms with Gasteiger partial charge in [-0.15, -0.1) is 0 Å². The van der Waals surface area contributed by atoms with Crippen LogP contribution in [0.2, 0.25) is 0 Å². The first kappa shape index (κ1) is 16.9. The van der Waals surface area contributed by atoms with Gasteiger partial charge in [-0.1, -0.05) is 12.1 Å². The Balaban J connectivity index is 1.36. The Morgan fingerprint density at radius 2 is 1.63 bits per heavy atom. The molecule has 0 fully saturated rings. The Morgan fingerprint density at radius 1 is 0.889 bits per heavy atom. The lowest BCUT2D eigenvalue weighted by Gasteiger charge is -2.09. The highest BCUT2D eigenvalue weighted by Gasteiger charge is 2.13. The Hall–Kier alpha value is -3.54. The molecule has 0 saturated carbocycles. The van der Waals surface area contributed by atoms with Gasteiger partial charge in [0, 0.05) is 23.1 Å². The van der Waals surface area contributed by atoms with E-state index in [0.717, 1.165) is 17.1 Å². The van der Waals surface area contributed by atoms with Crippen LogP contribution in [0.25, 0.3) is 0 Å². The number of nitrogens with one attached hydrogen (secondary N) is 2. The van der Waals surface area contributed by atoms with Crippen LogP contribution in [0.15, 0.2) is 66.7 Å². The van der Waals surface area contributed by atoms with Crippen LogP contribution in [0.5, 0.6) is 11.5 Å². The molecular weight excluding hydrogens is 347 g/mol. The lowest BCUT2D eigenvalue weighted by molar-refractivity contribution is -0.115. The number of fused-ring (bicyclic) bond motifs is 1. The second-order valence-electron chi connectivity index (χ2n) is 6.13. The van der Waals surface area contributed by atoms with Gasteiger partial charge in [0.15, 0.2) is 11.5 Å². The number of hydrogen-bond donors (Lipinski definition) is 2. The van der Waals surface area contributed by atoms with Crippen LogP contribution in [-0.4, -0.2) is 12.7 Å². The van der Waals surface area contributed by atoms with E-state index < -0.39 is 0 Å². The molecule has 3 aromatic carbocycles. The van der Waals surface area contributed by atoms with E-state index in [-0.39, 0.29) is 24.9 Å². The van der Waals surface area contributed by atoms with Crippen molar-refractivity contribution in [3.8, 4) is 11.5 Å². The van der Waals surface area contributed by atoms with Gasteiger partial charge in [0.05, 0.1) is 6.42 Å². The lowest BCUT2D eigenvalue weighted by Crippen LogP contribution is -2.14. The highest BCUT2D eigenvalue weighted by Crippen LogP contribution is 2.35. The number of anilines is 3. The van der Waals surface area contributed by atoms with E-state index >= 15 is 0 Å². The predicted molar refractivity (Wildman–Crippen MR) is 101 cm³/mol. The minimum Gasteiger partial charge on any atom is -0.454 e. The molecule has 4 rings (SSSR count). The van der Waals surface area contributed by atoms with Crippen molar-refractivity contribution < 1.29 is 18.7 Å². The fourth-order valence-corrected chi connectivity index (χ4v) is 2.82. The maximum absolute atomic E-state index is 13.2. The molecule has 0 unspecified atom stereocenters. The summed E-state index contributed by atoms with van der Waals surface area (Å²) in [5, 5.41) is 6.08. The number of rotatable bonds is 5. The monoisotopic (exact) mass is 364 g/mol. The van der Waals surface area contributed by atoms with Crippen molar-refractivity contribution in [1.82, 2.24) is 0 Å². The van der Waals surface area contributed by atoms with E-state index in [1.165, 1.54) is 12.1 Å². The van der Waals surface area contributed by atoms with Crippen LogP contribution in [0.3, 0.4) is 0 Å². The highest BCUT2D eigenvalue weighted by molar-refractivity contribution is 5.92. The first-order valence-corrected chi connectivity index (χ1v) is 8.47. The molecule has 27 heavy (non-hydrogen) atoms. The smallest absolute Gasteiger partial charge is 0.231 e. The van der Waals surface area contributed by atoms with Gasteiger partial charge in [-0.2, -0.15) is 0 Å². The maximum atomic E-state index is 13.2. The zero-order chi connectivity index (χ0) is 18.6. The number of ether oxygens (including phenoxy) is 2. The molecule has 0 aliphatic carbocycles. The molecule has 0 atom stereocenters. The van der Waals surface area contributed by atoms with E-state index in [0.29, 0.717) is 17.0 Å². The summed E-state index contributed by atoms with van der Waals surface area (Å²) in [4.78, 5) is 12.1. The number of carbonyl (C=O) groups is 1. The molecule has 0 bridgehead atoms. The average molecular weight is 364 g/mol. The second kappa shape index (κ2) is 7.37. The molecule has 0 saturated heterocycles. The van der Waals surface area contributed by atoms with Gasteiger partial charge in [0.2, 0.25) is 12.7 Å². The molecule has 0 aromatic heterocycles. The normalized spacial score (nSPS) is 11.9. The largest absolute Gasteiger partial charge is 0.454 e. The van der Waals surface area contributed by atoms with Gasteiger partial charge < -0.3 is 20.1 Å². The fraction of sp³-hybridized carbons (Fsp3) is 0.0952. The predicted octanol–water partition coefficient (Wildman–Crippen LogP) is 4.48. The molecule has 0 spiro atoms. The van der Waals surface area contributed by atoms with Crippen LogP contribution in [0.1, 0.15) is 5.56 Å². The van der Waals surface area contributed by atoms with Gasteiger partial charge >= 0.3 is 0 Å². The topological polar surface area (TPSA) is 59.6 Å². The number of hydrogen-bond acceptors (Lipinski definition) is 4.